The molecule has 2 aromatic carbocycles. The number of unbranched alkanes of at least 4 members (excludes halogenated alkanes) is 1. The number of hydrogen-bond donors (Lipinski definition) is 1. The van der Waals surface area contributed by atoms with Crippen LogP contribution in [-0.4, -0.2) is 36.5 Å². The van der Waals surface area contributed by atoms with Gasteiger partial charge in [-0.15, -0.1) is 5.10 Å². The lowest BCUT2D eigenvalue weighted by Gasteiger charge is -2.13. The molecule has 4 aromatic rings. The third-order valence-electron chi connectivity index (χ3n) is 5.02. The molecule has 0 atom stereocenters. The first-order valence-electron chi connectivity index (χ1n) is 9.83. The van der Waals surface area contributed by atoms with Crippen LogP contribution in [0.4, 0.5) is 0 Å². The van der Waals surface area contributed by atoms with Crippen molar-refractivity contribution in [1.29, 1.82) is 0 Å². The smallest absolute Gasteiger partial charge is 0.180 e. The zero-order valence-electron chi connectivity index (χ0n) is 16.5. The molecule has 2 aromatic heterocycles. The molecule has 0 saturated carbocycles. The highest BCUT2D eigenvalue weighted by Crippen LogP contribution is 2.31. The average Bonchev–Trinajstić information content (AvgIpc) is 3.41. The summed E-state index contributed by atoms with van der Waals surface area (Å²) in [7, 11) is 0. The fraction of sp³-hybridized carbons (Fsp3) is 0.227. The maximum Gasteiger partial charge on any atom is 0.180 e. The van der Waals surface area contributed by atoms with Crippen LogP contribution in [0.5, 0.6) is 0 Å². The van der Waals surface area contributed by atoms with Crippen molar-refractivity contribution < 1.29 is 4.79 Å². The number of hydrogen-bond acceptors (Lipinski definition) is 5. The molecule has 8 heteroatoms. The first-order valence-corrected chi connectivity index (χ1v) is 10.2. The fourth-order valence-corrected chi connectivity index (χ4v) is 3.75. The lowest BCUT2D eigenvalue weighted by Crippen LogP contribution is -2.09. The molecule has 30 heavy (non-hydrogen) atoms. The van der Waals surface area contributed by atoms with E-state index in [9.17, 15) is 4.79 Å². The van der Waals surface area contributed by atoms with E-state index in [1.54, 1.807) is 0 Å². The van der Waals surface area contributed by atoms with Gasteiger partial charge in [-0.1, -0.05) is 67.4 Å². The van der Waals surface area contributed by atoms with Gasteiger partial charge in [0.05, 0.1) is 0 Å². The summed E-state index contributed by atoms with van der Waals surface area (Å²) in [6.45, 7) is 2.60. The largest absolute Gasteiger partial charge is 0.320 e. The van der Waals surface area contributed by atoms with Crippen molar-refractivity contribution in [2.75, 3.05) is 0 Å². The molecule has 1 N–H and O–H groups in total. The van der Waals surface area contributed by atoms with Crippen LogP contribution in [0.3, 0.4) is 0 Å². The van der Waals surface area contributed by atoms with Crippen molar-refractivity contribution in [1.82, 2.24) is 30.2 Å². The summed E-state index contributed by atoms with van der Waals surface area (Å²) in [5.74, 6) is 1.40. The summed E-state index contributed by atoms with van der Waals surface area (Å²) >= 11 is 6.22. The van der Waals surface area contributed by atoms with E-state index in [0.29, 0.717) is 18.1 Å². The number of rotatable bonds is 8. The Morgan fingerprint density at radius 1 is 1.13 bits per heavy atom. The number of nitrogens with zero attached hydrogens (tertiary/aromatic N) is 5. The van der Waals surface area contributed by atoms with Crippen molar-refractivity contribution in [3.05, 3.63) is 70.8 Å². The molecule has 0 radical (unpaired) electrons. The molecule has 7 nitrogen and oxygen atoms in total. The van der Waals surface area contributed by atoms with Crippen LogP contribution in [0.2, 0.25) is 5.15 Å². The molecule has 0 amide bonds. The highest BCUT2D eigenvalue weighted by atomic mass is 35.5. The van der Waals surface area contributed by atoms with Crippen LogP contribution in [0.15, 0.2) is 48.5 Å². The van der Waals surface area contributed by atoms with Crippen LogP contribution >= 0.6 is 11.6 Å². The first kappa shape index (κ1) is 20.0. The van der Waals surface area contributed by atoms with Crippen LogP contribution in [0, 0.1) is 0 Å². The Kier molecular flexibility index (Phi) is 5.99. The van der Waals surface area contributed by atoms with E-state index in [4.69, 9.17) is 11.6 Å². The predicted octanol–water partition coefficient (Wildman–Crippen LogP) is 4.59. The number of halogens is 1. The zero-order chi connectivity index (χ0) is 20.9. The number of carbonyl (C=O) groups excluding carboxylic acids is 1. The van der Waals surface area contributed by atoms with E-state index < -0.39 is 0 Å². The number of aromatic amines is 1. The maximum absolute atomic E-state index is 11.6. The molecule has 0 aliphatic rings. The van der Waals surface area contributed by atoms with Gasteiger partial charge in [0.2, 0.25) is 0 Å². The van der Waals surface area contributed by atoms with Gasteiger partial charge in [0.15, 0.2) is 17.3 Å². The Hall–Kier alpha value is -3.32. The van der Waals surface area contributed by atoms with Gasteiger partial charge in [0, 0.05) is 18.5 Å². The summed E-state index contributed by atoms with van der Waals surface area (Å²) in [5, 5.41) is 14.7. The van der Waals surface area contributed by atoms with Crippen LogP contribution in [0.1, 0.15) is 41.6 Å². The molecule has 0 fully saturated rings. The Morgan fingerprint density at radius 2 is 1.97 bits per heavy atom. The van der Waals surface area contributed by atoms with Crippen molar-refractivity contribution in [3.8, 4) is 22.5 Å². The lowest BCUT2D eigenvalue weighted by atomic mass is 9.97. The predicted molar refractivity (Wildman–Crippen MR) is 115 cm³/mol. The standard InChI is InChI=1S/C22H21ClN6O/c1-2-3-9-20-24-21(23)19(14-30)29(20)13-15-10-11-17(16-7-5-4-6-8-16)18(12-15)22-25-27-28-26-22/h4-8,10-12,14H,2-3,9,13H2,1H3,(H,25,26,27,28). The third-order valence-corrected chi connectivity index (χ3v) is 5.29. The molecule has 0 spiro atoms. The van der Waals surface area contributed by atoms with Gasteiger partial charge in [-0.2, -0.15) is 0 Å². The van der Waals surface area contributed by atoms with Crippen LogP contribution < -0.4 is 0 Å². The Labute approximate surface area is 179 Å². The van der Waals surface area contributed by atoms with E-state index in [-0.39, 0.29) is 5.15 Å². The van der Waals surface area contributed by atoms with E-state index in [0.717, 1.165) is 53.6 Å². The van der Waals surface area contributed by atoms with Gasteiger partial charge in [0.25, 0.3) is 0 Å². The quantitative estimate of drug-likeness (QED) is 0.421. The van der Waals surface area contributed by atoms with Gasteiger partial charge < -0.3 is 4.57 Å². The molecule has 152 valence electrons. The lowest BCUT2D eigenvalue weighted by molar-refractivity contribution is 0.111. The van der Waals surface area contributed by atoms with Gasteiger partial charge in [0.1, 0.15) is 11.5 Å². The summed E-state index contributed by atoms with van der Waals surface area (Å²) < 4.78 is 1.89. The minimum Gasteiger partial charge on any atom is -0.320 e. The monoisotopic (exact) mass is 420 g/mol. The minimum absolute atomic E-state index is 0.247. The van der Waals surface area contributed by atoms with E-state index in [1.165, 1.54) is 0 Å². The molecular formula is C22H21ClN6O. The SMILES string of the molecule is CCCCc1nc(Cl)c(C=O)n1Cc1ccc(-c2ccccc2)c(-c2nnn[nH]2)c1. The van der Waals surface area contributed by atoms with Crippen molar-refractivity contribution in [3.63, 3.8) is 0 Å². The molecule has 0 aliphatic heterocycles. The molecule has 4 rings (SSSR count). The van der Waals surface area contributed by atoms with Gasteiger partial charge in [-0.05, 0) is 39.6 Å². The Balaban J connectivity index is 1.77. The van der Waals surface area contributed by atoms with E-state index >= 15 is 0 Å². The number of tetrazole rings is 1. The van der Waals surface area contributed by atoms with Crippen molar-refractivity contribution in [2.24, 2.45) is 0 Å². The molecule has 0 unspecified atom stereocenters. The number of carbonyl (C=O) groups is 1. The minimum atomic E-state index is 0.247. The second-order valence-electron chi connectivity index (χ2n) is 7.01. The Bertz CT molecular complexity index is 1140. The van der Waals surface area contributed by atoms with Gasteiger partial charge >= 0.3 is 0 Å². The number of aldehydes is 1. The van der Waals surface area contributed by atoms with E-state index in [1.807, 2.05) is 53.1 Å². The number of aryl methyl sites for hydroxylation is 1. The molecule has 0 saturated heterocycles. The third kappa shape index (κ3) is 4.02. The number of imidazole rings is 1. The summed E-state index contributed by atoms with van der Waals surface area (Å²) in [6.07, 6.45) is 3.55. The molecule has 0 bridgehead atoms. The molecular weight excluding hydrogens is 400 g/mol. The summed E-state index contributed by atoms with van der Waals surface area (Å²) in [4.78, 5) is 16.1. The number of aromatic nitrogens is 6. The molecule has 0 aliphatic carbocycles. The van der Waals surface area contributed by atoms with Gasteiger partial charge in [-0.25, -0.2) is 10.1 Å². The summed E-state index contributed by atoms with van der Waals surface area (Å²) in [5.41, 5.74) is 4.37. The average molecular weight is 421 g/mol. The maximum atomic E-state index is 11.6. The van der Waals surface area contributed by atoms with Crippen LogP contribution in [0.25, 0.3) is 22.5 Å². The van der Waals surface area contributed by atoms with Gasteiger partial charge in [-0.3, -0.25) is 4.79 Å². The first-order chi connectivity index (χ1) is 14.7. The molecule has 2 heterocycles. The normalized spacial score (nSPS) is 11.0. The Morgan fingerprint density at radius 3 is 2.67 bits per heavy atom. The fourth-order valence-electron chi connectivity index (χ4n) is 3.51. The second-order valence-corrected chi connectivity index (χ2v) is 7.37. The van der Waals surface area contributed by atoms with Crippen molar-refractivity contribution >= 4 is 17.9 Å². The zero-order valence-corrected chi connectivity index (χ0v) is 17.3. The van der Waals surface area contributed by atoms with E-state index in [2.05, 4.69) is 32.5 Å². The number of benzene rings is 2. The highest BCUT2D eigenvalue weighted by molar-refractivity contribution is 6.31. The van der Waals surface area contributed by atoms with Crippen molar-refractivity contribution in [2.45, 2.75) is 32.7 Å². The number of nitrogens with one attached hydrogen (secondary N) is 1. The number of H-pyrrole nitrogens is 1. The second kappa shape index (κ2) is 9.00. The van der Waals surface area contributed by atoms with Crippen LogP contribution in [-0.2, 0) is 13.0 Å². The highest BCUT2D eigenvalue weighted by Gasteiger charge is 2.17. The summed E-state index contributed by atoms with van der Waals surface area (Å²) in [6, 6.07) is 16.2. The topological polar surface area (TPSA) is 89.3 Å².